The lowest BCUT2D eigenvalue weighted by Crippen LogP contribution is -2.22. The van der Waals surface area contributed by atoms with Crippen LogP contribution >= 0.6 is 11.3 Å². The van der Waals surface area contributed by atoms with Crippen molar-refractivity contribution in [3.05, 3.63) is 46.1 Å². The number of benzene rings is 1. The average molecular weight is 410 g/mol. The summed E-state index contributed by atoms with van der Waals surface area (Å²) in [5.74, 6) is 1.06. The third kappa shape index (κ3) is 3.99. The van der Waals surface area contributed by atoms with Crippen LogP contribution in [0.25, 0.3) is 10.2 Å². The third-order valence-corrected chi connectivity index (χ3v) is 6.82. The molecule has 0 spiro atoms. The van der Waals surface area contributed by atoms with Crippen molar-refractivity contribution in [3.63, 3.8) is 0 Å². The zero-order valence-corrected chi connectivity index (χ0v) is 18.1. The fourth-order valence-corrected chi connectivity index (χ4v) is 5.41. The molecule has 2 aromatic heterocycles. The normalized spacial score (nSPS) is 15.9. The molecule has 1 atom stereocenters. The fraction of sp³-hybridized carbons (Fsp3) is 0.435. The zero-order valence-electron chi connectivity index (χ0n) is 17.2. The molecule has 0 radical (unpaired) electrons. The second kappa shape index (κ2) is 8.49. The molecule has 5 nitrogen and oxygen atoms in total. The number of hydrogen-bond donors (Lipinski definition) is 1. The van der Waals surface area contributed by atoms with E-state index in [0.29, 0.717) is 11.8 Å². The Balaban J connectivity index is 1.53. The van der Waals surface area contributed by atoms with Gasteiger partial charge in [-0.2, -0.15) is 0 Å². The van der Waals surface area contributed by atoms with Crippen molar-refractivity contribution in [2.24, 2.45) is 5.92 Å². The first kappa shape index (κ1) is 19.8. The van der Waals surface area contributed by atoms with E-state index >= 15 is 0 Å². The summed E-state index contributed by atoms with van der Waals surface area (Å²) in [6.45, 7) is 6.42. The number of hydrogen-bond acceptors (Lipinski definition) is 5. The Hall–Kier alpha value is -2.47. The highest BCUT2D eigenvalue weighted by molar-refractivity contribution is 7.18. The van der Waals surface area contributed by atoms with E-state index in [9.17, 15) is 4.79 Å². The summed E-state index contributed by atoms with van der Waals surface area (Å²) in [6.07, 6.45) is 6.55. The number of ether oxygens (including phenoxy) is 1. The van der Waals surface area contributed by atoms with E-state index in [1.54, 1.807) is 11.3 Å². The maximum atomic E-state index is 12.7. The van der Waals surface area contributed by atoms with E-state index in [2.05, 4.69) is 48.2 Å². The van der Waals surface area contributed by atoms with Crippen molar-refractivity contribution < 1.29 is 9.53 Å². The van der Waals surface area contributed by atoms with Crippen molar-refractivity contribution in [1.29, 1.82) is 0 Å². The second-order valence-electron chi connectivity index (χ2n) is 7.71. The van der Waals surface area contributed by atoms with Crippen LogP contribution in [-0.4, -0.2) is 22.5 Å². The molecule has 4 rings (SSSR count). The maximum Gasteiger partial charge on any atom is 0.262 e. The van der Waals surface area contributed by atoms with Crippen LogP contribution in [0.3, 0.4) is 0 Å². The average Bonchev–Trinajstić information content (AvgIpc) is 3.10. The predicted molar refractivity (Wildman–Crippen MR) is 118 cm³/mol. The number of nitrogens with zero attached hydrogens (tertiary/aromatic N) is 2. The van der Waals surface area contributed by atoms with Crippen molar-refractivity contribution in [2.75, 3.05) is 11.9 Å². The minimum absolute atomic E-state index is 0.0612. The Morgan fingerprint density at radius 2 is 2.00 bits per heavy atom. The number of fused-ring (bicyclic) bond motifs is 3. The van der Waals surface area contributed by atoms with E-state index in [1.165, 1.54) is 23.2 Å². The molecule has 2 heterocycles. The van der Waals surface area contributed by atoms with Gasteiger partial charge in [0.1, 0.15) is 11.2 Å². The highest BCUT2D eigenvalue weighted by atomic mass is 32.1. The van der Waals surface area contributed by atoms with Crippen LogP contribution in [-0.2, 0) is 30.5 Å². The summed E-state index contributed by atoms with van der Waals surface area (Å²) in [4.78, 5) is 23.8. The first-order chi connectivity index (χ1) is 14.1. The van der Waals surface area contributed by atoms with Crippen molar-refractivity contribution in [3.8, 4) is 5.88 Å². The molecule has 3 aromatic rings. The van der Waals surface area contributed by atoms with Gasteiger partial charge in [0.25, 0.3) is 5.91 Å². The number of amides is 1. The maximum absolute atomic E-state index is 12.7. The van der Waals surface area contributed by atoms with Gasteiger partial charge in [0.15, 0.2) is 6.61 Å². The molecule has 29 heavy (non-hydrogen) atoms. The summed E-state index contributed by atoms with van der Waals surface area (Å²) < 4.78 is 5.90. The standard InChI is InChI=1S/C23H27N3O2S/c1-4-15-7-6-8-16(5-2)21(15)26-19(27)12-28-22-20-17-10-9-14(3)11-18(17)29-23(20)25-13-24-22/h6-8,13-14H,4-5,9-12H2,1-3H3,(H,26,27). The predicted octanol–water partition coefficient (Wildman–Crippen LogP) is 4.96. The minimum Gasteiger partial charge on any atom is -0.467 e. The van der Waals surface area contributed by atoms with Crippen LogP contribution < -0.4 is 10.1 Å². The van der Waals surface area contributed by atoms with Crippen LogP contribution in [0.5, 0.6) is 5.88 Å². The van der Waals surface area contributed by atoms with Crippen LogP contribution in [0.2, 0.25) is 0 Å². The Morgan fingerprint density at radius 1 is 1.24 bits per heavy atom. The largest absolute Gasteiger partial charge is 0.467 e. The topological polar surface area (TPSA) is 64.1 Å². The van der Waals surface area contributed by atoms with Crippen molar-refractivity contribution in [1.82, 2.24) is 9.97 Å². The molecule has 152 valence electrons. The first-order valence-corrected chi connectivity index (χ1v) is 11.2. The van der Waals surface area contributed by atoms with Gasteiger partial charge in [-0.05, 0) is 54.7 Å². The lowest BCUT2D eigenvalue weighted by atomic mass is 9.89. The molecule has 1 unspecified atom stereocenters. The number of para-hydroxylation sites is 1. The molecule has 1 N–H and O–H groups in total. The van der Waals surface area contributed by atoms with Crippen LogP contribution in [0.1, 0.15) is 48.8 Å². The van der Waals surface area contributed by atoms with E-state index < -0.39 is 0 Å². The number of carbonyl (C=O) groups is 1. The number of carbonyl (C=O) groups excluding carboxylic acids is 1. The summed E-state index contributed by atoms with van der Waals surface area (Å²) in [6, 6.07) is 6.16. The van der Waals surface area contributed by atoms with Gasteiger partial charge in [-0.25, -0.2) is 9.97 Å². The van der Waals surface area contributed by atoms with Crippen LogP contribution in [0.15, 0.2) is 24.5 Å². The van der Waals surface area contributed by atoms with Gasteiger partial charge in [0.2, 0.25) is 5.88 Å². The van der Waals surface area contributed by atoms with Gasteiger partial charge in [-0.1, -0.05) is 39.0 Å². The summed E-state index contributed by atoms with van der Waals surface area (Å²) in [5.41, 5.74) is 4.51. The van der Waals surface area contributed by atoms with E-state index in [0.717, 1.165) is 52.7 Å². The Labute approximate surface area is 175 Å². The van der Waals surface area contributed by atoms with Gasteiger partial charge in [-0.3, -0.25) is 4.79 Å². The quantitative estimate of drug-likeness (QED) is 0.625. The first-order valence-electron chi connectivity index (χ1n) is 10.4. The number of rotatable bonds is 6. The SMILES string of the molecule is CCc1cccc(CC)c1NC(=O)COc1ncnc2sc3c(c12)CCC(C)C3. The van der Waals surface area contributed by atoms with E-state index in [1.807, 2.05) is 6.07 Å². The van der Waals surface area contributed by atoms with E-state index in [4.69, 9.17) is 4.74 Å². The molecular formula is C23H27N3O2S. The van der Waals surface area contributed by atoms with Gasteiger partial charge < -0.3 is 10.1 Å². The number of aryl methyl sites for hydroxylation is 3. The number of anilines is 1. The highest BCUT2D eigenvalue weighted by Crippen LogP contribution is 2.40. The minimum atomic E-state index is -0.162. The fourth-order valence-electron chi connectivity index (χ4n) is 4.07. The molecule has 1 aromatic carbocycles. The number of nitrogens with one attached hydrogen (secondary N) is 1. The lowest BCUT2D eigenvalue weighted by molar-refractivity contribution is -0.118. The Kier molecular flexibility index (Phi) is 5.81. The van der Waals surface area contributed by atoms with Gasteiger partial charge in [0, 0.05) is 10.6 Å². The molecule has 0 aliphatic heterocycles. The summed E-state index contributed by atoms with van der Waals surface area (Å²) in [7, 11) is 0. The number of aromatic nitrogens is 2. The van der Waals surface area contributed by atoms with Crippen LogP contribution in [0, 0.1) is 5.92 Å². The number of thiophene rings is 1. The van der Waals surface area contributed by atoms with Gasteiger partial charge in [0.05, 0.1) is 5.39 Å². The molecule has 0 saturated carbocycles. The zero-order chi connectivity index (χ0) is 20.4. The molecule has 0 bridgehead atoms. The summed E-state index contributed by atoms with van der Waals surface area (Å²) in [5, 5.41) is 4.05. The summed E-state index contributed by atoms with van der Waals surface area (Å²) >= 11 is 1.73. The van der Waals surface area contributed by atoms with Crippen molar-refractivity contribution >= 4 is 33.1 Å². The molecule has 1 aliphatic rings. The monoisotopic (exact) mass is 409 g/mol. The molecule has 1 aliphatic carbocycles. The third-order valence-electron chi connectivity index (χ3n) is 5.66. The molecule has 0 saturated heterocycles. The van der Waals surface area contributed by atoms with Gasteiger partial charge >= 0.3 is 0 Å². The molecule has 0 fully saturated rings. The highest BCUT2D eigenvalue weighted by Gasteiger charge is 2.24. The molecular weight excluding hydrogens is 382 g/mol. The molecule has 1 amide bonds. The Bertz CT molecular complexity index is 1020. The smallest absolute Gasteiger partial charge is 0.262 e. The van der Waals surface area contributed by atoms with Crippen LogP contribution in [0.4, 0.5) is 5.69 Å². The lowest BCUT2D eigenvalue weighted by Gasteiger charge is -2.18. The van der Waals surface area contributed by atoms with E-state index in [-0.39, 0.29) is 12.5 Å². The second-order valence-corrected chi connectivity index (χ2v) is 8.79. The Morgan fingerprint density at radius 3 is 2.72 bits per heavy atom. The molecule has 6 heteroatoms. The van der Waals surface area contributed by atoms with Gasteiger partial charge in [-0.15, -0.1) is 11.3 Å². The van der Waals surface area contributed by atoms with Crippen molar-refractivity contribution in [2.45, 2.75) is 52.9 Å².